The van der Waals surface area contributed by atoms with Gasteiger partial charge in [-0.3, -0.25) is 9.35 Å². The van der Waals surface area contributed by atoms with Gasteiger partial charge in [-0.05, 0) is 73.8 Å². The van der Waals surface area contributed by atoms with Crippen molar-refractivity contribution in [3.63, 3.8) is 0 Å². The Kier molecular flexibility index (Phi) is 7.20. The second-order valence-electron chi connectivity index (χ2n) is 4.19. The highest BCUT2D eigenvalue weighted by Gasteiger charge is 2.43. The van der Waals surface area contributed by atoms with Crippen molar-refractivity contribution in [2.45, 2.75) is 12.2 Å². The molecule has 13 heteroatoms. The predicted octanol–water partition coefficient (Wildman–Crippen LogP) is 2.75. The number of aromatic hydroxyl groups is 1. The van der Waals surface area contributed by atoms with Crippen LogP contribution in [0.1, 0.15) is 10.4 Å². The number of rotatable bonds is 4. The fourth-order valence-corrected chi connectivity index (χ4v) is 6.00. The summed E-state index contributed by atoms with van der Waals surface area (Å²) in [5.74, 6) is -3.18. The zero-order valence-corrected chi connectivity index (χ0v) is 17.9. The number of amides is 1. The molecule has 0 heterocycles. The van der Waals surface area contributed by atoms with Crippen LogP contribution in [-0.4, -0.2) is 42.0 Å². The van der Waals surface area contributed by atoms with Gasteiger partial charge >= 0.3 is 6.18 Å². The van der Waals surface area contributed by atoms with Gasteiger partial charge in [-0.1, -0.05) is 0 Å². The lowest BCUT2D eigenvalue weighted by Crippen LogP contribution is -2.49. The number of carbonyl (C=O) groups is 1. The third-order valence-corrected chi connectivity index (χ3v) is 5.93. The molecule has 3 N–H and O–H groups in total. The minimum atomic E-state index is -5.08. The SMILES string of the molecule is O=C(NC(CS(=O)(=O)O)C(F)(F)F)c1c(I)cc(I)c(O)c1I. The van der Waals surface area contributed by atoms with Crippen molar-refractivity contribution in [3.05, 3.63) is 22.3 Å². The van der Waals surface area contributed by atoms with E-state index in [-0.39, 0.29) is 18.5 Å². The summed E-state index contributed by atoms with van der Waals surface area (Å²) in [6, 6.07) is -1.39. The molecule has 1 aromatic carbocycles. The lowest BCUT2D eigenvalue weighted by atomic mass is 10.2. The molecule has 0 saturated heterocycles. The number of phenolic OH excluding ortho intramolecular Hbond substituents is 1. The standard InChI is InChI=1S/C10H7F3I3NO5S/c11-10(12,13)5(2-23(20,21)22)17-9(19)6-3(14)1-4(15)8(18)7(6)16/h1,5,18H,2H2,(H,17,19)(H,20,21,22). The molecule has 0 aliphatic carbocycles. The molecule has 0 saturated carbocycles. The molecule has 0 aliphatic heterocycles. The van der Waals surface area contributed by atoms with E-state index in [1.54, 1.807) is 67.8 Å². The van der Waals surface area contributed by atoms with Crippen LogP contribution in [0.15, 0.2) is 6.07 Å². The van der Waals surface area contributed by atoms with E-state index in [1.807, 2.05) is 0 Å². The van der Waals surface area contributed by atoms with Gasteiger partial charge in [-0.25, -0.2) is 0 Å². The van der Waals surface area contributed by atoms with Gasteiger partial charge in [0.1, 0.15) is 17.5 Å². The van der Waals surface area contributed by atoms with E-state index < -0.39 is 34.0 Å². The molecule has 1 rings (SSSR count). The van der Waals surface area contributed by atoms with Crippen LogP contribution in [0.2, 0.25) is 0 Å². The lowest BCUT2D eigenvalue weighted by Gasteiger charge is -2.21. The van der Waals surface area contributed by atoms with Gasteiger partial charge in [0.05, 0.1) is 12.7 Å². The average molecular weight is 691 g/mol. The van der Waals surface area contributed by atoms with Crippen molar-refractivity contribution in [2.24, 2.45) is 0 Å². The van der Waals surface area contributed by atoms with Crippen LogP contribution < -0.4 is 5.32 Å². The van der Waals surface area contributed by atoms with Crippen LogP contribution in [-0.2, 0) is 10.1 Å². The van der Waals surface area contributed by atoms with Gasteiger partial charge in [-0.2, -0.15) is 21.6 Å². The van der Waals surface area contributed by atoms with Crippen molar-refractivity contribution in [1.29, 1.82) is 0 Å². The van der Waals surface area contributed by atoms with Gasteiger partial charge in [0, 0.05) is 3.57 Å². The maximum atomic E-state index is 12.8. The number of benzene rings is 1. The molecule has 0 aliphatic rings. The number of hydrogen-bond donors (Lipinski definition) is 3. The summed E-state index contributed by atoms with van der Waals surface area (Å²) in [5, 5.41) is 11.3. The molecule has 0 fully saturated rings. The van der Waals surface area contributed by atoms with E-state index in [0.29, 0.717) is 3.57 Å². The number of phenols is 1. The second-order valence-corrected chi connectivity index (χ2v) is 9.09. The number of halogens is 6. The van der Waals surface area contributed by atoms with Crippen LogP contribution in [0.4, 0.5) is 13.2 Å². The van der Waals surface area contributed by atoms with Crippen molar-refractivity contribution in [1.82, 2.24) is 5.32 Å². The Balaban J connectivity index is 3.22. The van der Waals surface area contributed by atoms with Gasteiger partial charge in [0.15, 0.2) is 0 Å². The second kappa shape index (κ2) is 7.73. The monoisotopic (exact) mass is 691 g/mol. The summed E-state index contributed by atoms with van der Waals surface area (Å²) < 4.78 is 69.2. The molecule has 1 amide bonds. The predicted molar refractivity (Wildman–Crippen MR) is 100.0 cm³/mol. The Morgan fingerprint density at radius 3 is 2.22 bits per heavy atom. The van der Waals surface area contributed by atoms with Crippen molar-refractivity contribution >= 4 is 83.8 Å². The van der Waals surface area contributed by atoms with Gasteiger partial charge in [0.2, 0.25) is 0 Å². The molecule has 0 radical (unpaired) electrons. The topological polar surface area (TPSA) is 104 Å². The van der Waals surface area contributed by atoms with Crippen LogP contribution in [0.25, 0.3) is 0 Å². The zero-order chi connectivity index (χ0) is 18.2. The number of hydrogen-bond acceptors (Lipinski definition) is 4. The summed E-state index contributed by atoms with van der Waals surface area (Å²) in [5.41, 5.74) is -0.214. The highest BCUT2D eigenvalue weighted by molar-refractivity contribution is 14.1. The third kappa shape index (κ3) is 5.99. The molecule has 6 nitrogen and oxygen atoms in total. The Morgan fingerprint density at radius 1 is 1.26 bits per heavy atom. The Labute approximate surface area is 169 Å². The molecular formula is C10H7F3I3NO5S. The molecule has 1 atom stereocenters. The maximum absolute atomic E-state index is 12.8. The van der Waals surface area contributed by atoms with Crippen molar-refractivity contribution < 1.29 is 36.0 Å². The number of carbonyl (C=O) groups excluding carboxylic acids is 1. The molecule has 0 bridgehead atoms. The fraction of sp³-hybridized carbons (Fsp3) is 0.300. The van der Waals surface area contributed by atoms with Crippen LogP contribution >= 0.6 is 67.8 Å². The lowest BCUT2D eigenvalue weighted by molar-refractivity contribution is -0.148. The van der Waals surface area contributed by atoms with E-state index in [4.69, 9.17) is 4.55 Å². The summed E-state index contributed by atoms with van der Waals surface area (Å²) >= 11 is 5.10. The summed E-state index contributed by atoms with van der Waals surface area (Å²) in [4.78, 5) is 12.1. The first kappa shape index (κ1) is 21.4. The fourth-order valence-electron chi connectivity index (χ4n) is 1.45. The molecule has 0 aromatic heterocycles. The first-order valence-corrected chi connectivity index (χ1v) is 10.3. The van der Waals surface area contributed by atoms with E-state index >= 15 is 0 Å². The number of alkyl halides is 3. The summed E-state index contributed by atoms with van der Waals surface area (Å²) in [6.07, 6.45) is -5.08. The summed E-state index contributed by atoms with van der Waals surface area (Å²) in [6.45, 7) is 0. The highest BCUT2D eigenvalue weighted by atomic mass is 127. The van der Waals surface area contributed by atoms with E-state index in [2.05, 4.69) is 0 Å². The van der Waals surface area contributed by atoms with Crippen LogP contribution in [0.5, 0.6) is 5.75 Å². The molecule has 1 aromatic rings. The first-order valence-electron chi connectivity index (χ1n) is 5.43. The highest BCUT2D eigenvalue weighted by Crippen LogP contribution is 2.33. The maximum Gasteiger partial charge on any atom is 0.409 e. The van der Waals surface area contributed by atoms with Crippen LogP contribution in [0, 0.1) is 10.7 Å². The largest absolute Gasteiger partial charge is 0.506 e. The normalized spacial score (nSPS) is 13.7. The Bertz CT molecular complexity index is 738. The van der Waals surface area contributed by atoms with Crippen molar-refractivity contribution in [3.8, 4) is 5.75 Å². The van der Waals surface area contributed by atoms with Gasteiger partial charge < -0.3 is 10.4 Å². The van der Waals surface area contributed by atoms with Gasteiger partial charge in [-0.15, -0.1) is 0 Å². The molecule has 130 valence electrons. The smallest absolute Gasteiger partial charge is 0.409 e. The molecule has 0 spiro atoms. The average Bonchev–Trinajstić information content (AvgIpc) is 2.32. The minimum Gasteiger partial charge on any atom is -0.506 e. The minimum absolute atomic E-state index is 0.0316. The molecule has 1 unspecified atom stereocenters. The summed E-state index contributed by atoms with van der Waals surface area (Å²) in [7, 11) is -4.96. The van der Waals surface area contributed by atoms with E-state index in [1.165, 1.54) is 11.4 Å². The first-order chi connectivity index (χ1) is 10.2. The van der Waals surface area contributed by atoms with Crippen molar-refractivity contribution in [2.75, 3.05) is 5.75 Å². The third-order valence-electron chi connectivity index (χ3n) is 2.45. The molecule has 23 heavy (non-hydrogen) atoms. The quantitative estimate of drug-likeness (QED) is 0.333. The van der Waals surface area contributed by atoms with Crippen LogP contribution in [0.3, 0.4) is 0 Å². The Hall–Kier alpha value is 0.380. The van der Waals surface area contributed by atoms with E-state index in [0.717, 1.165) is 0 Å². The Morgan fingerprint density at radius 2 is 1.78 bits per heavy atom. The van der Waals surface area contributed by atoms with Gasteiger partial charge in [0.25, 0.3) is 16.0 Å². The van der Waals surface area contributed by atoms with E-state index in [9.17, 15) is 31.5 Å². The molecular weight excluding hydrogens is 684 g/mol. The zero-order valence-electron chi connectivity index (χ0n) is 10.7. The number of nitrogens with one attached hydrogen (secondary N) is 1.